The minimum atomic E-state index is -1.02. The van der Waals surface area contributed by atoms with E-state index in [0.29, 0.717) is 18.8 Å². The number of benzene rings is 2. The SMILES string of the molecule is CC(=O)O.CCCCCCCCOC(=O)CCN(C)C(=O)[C@H](Cc1ccccc1)NC(=O)[C@@H](CCCN=C(N)N)NC(=O)[C@@H](N)Cc1ccc(OC)cc1. The number of hydrogen-bond acceptors (Lipinski definition) is 9. The van der Waals surface area contributed by atoms with Crippen molar-refractivity contribution in [2.75, 3.05) is 33.9 Å². The van der Waals surface area contributed by atoms with Crippen molar-refractivity contribution < 1.29 is 38.6 Å². The van der Waals surface area contributed by atoms with Gasteiger partial charge in [0, 0.05) is 33.5 Å². The van der Waals surface area contributed by atoms with Crippen LogP contribution >= 0.6 is 0 Å². The van der Waals surface area contributed by atoms with Gasteiger partial charge in [-0.1, -0.05) is 81.5 Å². The van der Waals surface area contributed by atoms with Gasteiger partial charge in [0.25, 0.3) is 5.97 Å². The van der Waals surface area contributed by atoms with Gasteiger partial charge >= 0.3 is 5.97 Å². The van der Waals surface area contributed by atoms with E-state index in [0.717, 1.165) is 37.3 Å². The first-order chi connectivity index (χ1) is 25.8. The van der Waals surface area contributed by atoms with Crippen LogP contribution in [-0.4, -0.2) is 97.6 Å². The second-order valence-corrected chi connectivity index (χ2v) is 12.9. The largest absolute Gasteiger partial charge is 0.497 e. The average molecular weight is 756 g/mol. The van der Waals surface area contributed by atoms with Gasteiger partial charge in [0.05, 0.1) is 26.2 Å². The van der Waals surface area contributed by atoms with Gasteiger partial charge in [-0.25, -0.2) is 0 Å². The molecule has 0 aliphatic carbocycles. The Morgan fingerprint density at radius 1 is 0.833 bits per heavy atom. The number of methoxy groups -OCH3 is 1. The minimum Gasteiger partial charge on any atom is -0.497 e. The third-order valence-electron chi connectivity index (χ3n) is 8.22. The highest BCUT2D eigenvalue weighted by Crippen LogP contribution is 2.13. The molecule has 2 aromatic rings. The molecule has 0 aliphatic rings. The van der Waals surface area contributed by atoms with Gasteiger partial charge in [0.15, 0.2) is 5.96 Å². The molecule has 0 radical (unpaired) electrons. The fourth-order valence-electron chi connectivity index (χ4n) is 5.26. The first kappa shape index (κ1) is 46.8. The summed E-state index contributed by atoms with van der Waals surface area (Å²) in [7, 11) is 3.15. The number of rotatable bonds is 24. The van der Waals surface area contributed by atoms with Gasteiger partial charge in [-0.3, -0.25) is 29.0 Å². The van der Waals surface area contributed by atoms with Crippen molar-refractivity contribution in [3.63, 3.8) is 0 Å². The zero-order valence-corrected chi connectivity index (χ0v) is 32.3. The second-order valence-electron chi connectivity index (χ2n) is 12.9. The Kier molecular flexibility index (Phi) is 23.8. The van der Waals surface area contributed by atoms with Gasteiger partial charge in [0.2, 0.25) is 17.7 Å². The molecule has 0 aliphatic heterocycles. The van der Waals surface area contributed by atoms with E-state index < -0.39 is 35.9 Å². The zero-order chi connectivity index (χ0) is 40.3. The van der Waals surface area contributed by atoms with Gasteiger partial charge in [0.1, 0.15) is 17.8 Å². The Balaban J connectivity index is 0.00000346. The lowest BCUT2D eigenvalue weighted by molar-refractivity contribution is -0.145. The quantitative estimate of drug-likeness (QED) is 0.0394. The summed E-state index contributed by atoms with van der Waals surface area (Å²) in [6, 6.07) is 13.5. The number of aliphatic imine (C=N–C) groups is 1. The van der Waals surface area contributed by atoms with E-state index in [-0.39, 0.29) is 56.6 Å². The number of aliphatic carboxylic acids is 1. The van der Waals surface area contributed by atoms with Gasteiger partial charge in [-0.15, -0.1) is 0 Å². The van der Waals surface area contributed by atoms with E-state index in [1.807, 2.05) is 42.5 Å². The summed E-state index contributed by atoms with van der Waals surface area (Å²) in [4.78, 5) is 67.5. The Morgan fingerprint density at radius 3 is 2.04 bits per heavy atom. The van der Waals surface area contributed by atoms with E-state index in [4.69, 9.17) is 36.6 Å². The van der Waals surface area contributed by atoms with E-state index in [1.54, 1.807) is 26.3 Å². The predicted molar refractivity (Wildman–Crippen MR) is 208 cm³/mol. The summed E-state index contributed by atoms with van der Waals surface area (Å²) in [6.07, 6.45) is 7.54. The molecule has 3 atom stereocenters. The number of hydrogen-bond donors (Lipinski definition) is 6. The van der Waals surface area contributed by atoms with Crippen molar-refractivity contribution >= 4 is 35.6 Å². The smallest absolute Gasteiger partial charge is 0.307 e. The molecular formula is C39H61N7O8. The van der Waals surface area contributed by atoms with Gasteiger partial charge in [-0.2, -0.15) is 0 Å². The molecule has 300 valence electrons. The average Bonchev–Trinajstić information content (AvgIpc) is 3.14. The van der Waals surface area contributed by atoms with Crippen LogP contribution in [0, 0.1) is 0 Å². The number of likely N-dealkylation sites (N-methyl/N-ethyl adjacent to an activating group) is 1. The van der Waals surface area contributed by atoms with E-state index in [2.05, 4.69) is 22.5 Å². The molecule has 54 heavy (non-hydrogen) atoms. The van der Waals surface area contributed by atoms with Crippen molar-refractivity contribution in [2.45, 2.75) is 103 Å². The summed E-state index contributed by atoms with van der Waals surface area (Å²) in [5.74, 6) is -2.08. The molecule has 15 heteroatoms. The second kappa shape index (κ2) is 27.4. The Labute approximate surface area is 319 Å². The molecule has 2 rings (SSSR count). The predicted octanol–water partition coefficient (Wildman–Crippen LogP) is 2.67. The van der Waals surface area contributed by atoms with E-state index >= 15 is 0 Å². The summed E-state index contributed by atoms with van der Waals surface area (Å²) in [6.45, 7) is 3.97. The summed E-state index contributed by atoms with van der Waals surface area (Å²) in [5.41, 5.74) is 18.8. The molecule has 0 aromatic heterocycles. The first-order valence-corrected chi connectivity index (χ1v) is 18.5. The summed E-state index contributed by atoms with van der Waals surface area (Å²) < 4.78 is 10.6. The van der Waals surface area contributed by atoms with Crippen LogP contribution in [0.25, 0.3) is 0 Å². The Bertz CT molecular complexity index is 1430. The van der Waals surface area contributed by atoms with Crippen LogP contribution in [0.4, 0.5) is 0 Å². The van der Waals surface area contributed by atoms with Crippen LogP contribution in [0.15, 0.2) is 59.6 Å². The highest BCUT2D eigenvalue weighted by molar-refractivity contribution is 5.93. The maximum Gasteiger partial charge on any atom is 0.307 e. The summed E-state index contributed by atoms with van der Waals surface area (Å²) in [5, 5.41) is 13.0. The van der Waals surface area contributed by atoms with Crippen molar-refractivity contribution in [1.29, 1.82) is 0 Å². The molecule has 9 N–H and O–H groups in total. The van der Waals surface area contributed by atoms with Crippen LogP contribution in [0.3, 0.4) is 0 Å². The van der Waals surface area contributed by atoms with Crippen molar-refractivity contribution in [2.24, 2.45) is 22.2 Å². The fourth-order valence-corrected chi connectivity index (χ4v) is 5.26. The van der Waals surface area contributed by atoms with Gasteiger partial charge < -0.3 is 47.3 Å². The van der Waals surface area contributed by atoms with Crippen LogP contribution in [0.1, 0.15) is 82.8 Å². The molecular weight excluding hydrogens is 694 g/mol. The molecule has 3 amide bonds. The Hall–Kier alpha value is -5.18. The molecule has 0 saturated carbocycles. The maximum atomic E-state index is 13.8. The standard InChI is InChI=1S/C37H57N7O6.C2H4O2/c1-4-5-6-7-8-12-24-50-33(45)21-23-44(2)36(48)32(26-27-14-10-9-11-15-27)43-35(47)31(16-13-22-41-37(39)40)42-34(46)30(38)25-28-17-19-29(49-3)20-18-28;1-2(3)4/h9-11,14-15,17-20,30-32H,4-8,12-13,16,21-26,38H2,1-3H3,(H,42,46)(H,43,47)(H4,39,40,41);1H3,(H,3,4)/t30-,31+,32-;/m0./s1. The number of carbonyl (C=O) groups is 5. The number of nitrogens with zero attached hydrogens (tertiary/aromatic N) is 2. The number of nitrogens with two attached hydrogens (primary N) is 3. The number of carboxylic acid groups (broad SMARTS) is 1. The molecule has 0 bridgehead atoms. The number of carboxylic acids is 1. The first-order valence-electron chi connectivity index (χ1n) is 18.5. The van der Waals surface area contributed by atoms with Crippen LogP contribution in [0.5, 0.6) is 5.75 Å². The van der Waals surface area contributed by atoms with Crippen molar-refractivity contribution in [3.05, 3.63) is 65.7 Å². The lowest BCUT2D eigenvalue weighted by Crippen LogP contribution is -2.56. The highest BCUT2D eigenvalue weighted by Gasteiger charge is 2.30. The maximum absolute atomic E-state index is 13.8. The van der Waals surface area contributed by atoms with Crippen molar-refractivity contribution in [1.82, 2.24) is 15.5 Å². The van der Waals surface area contributed by atoms with Crippen molar-refractivity contribution in [3.8, 4) is 5.75 Å². The lowest BCUT2D eigenvalue weighted by atomic mass is 10.0. The van der Waals surface area contributed by atoms with Crippen LogP contribution in [0.2, 0.25) is 0 Å². The number of unbranched alkanes of at least 4 members (excludes halogenated alkanes) is 5. The molecule has 0 fully saturated rings. The number of amides is 3. The lowest BCUT2D eigenvalue weighted by Gasteiger charge is -2.27. The fraction of sp³-hybridized carbons (Fsp3) is 0.538. The third kappa shape index (κ3) is 21.4. The number of ether oxygens (including phenoxy) is 2. The molecule has 0 heterocycles. The van der Waals surface area contributed by atoms with E-state index in [1.165, 1.54) is 24.2 Å². The van der Waals surface area contributed by atoms with Crippen LogP contribution in [-0.2, 0) is 41.6 Å². The van der Waals surface area contributed by atoms with E-state index in [9.17, 15) is 19.2 Å². The molecule has 2 aromatic carbocycles. The zero-order valence-electron chi connectivity index (χ0n) is 32.3. The monoisotopic (exact) mass is 755 g/mol. The third-order valence-corrected chi connectivity index (χ3v) is 8.22. The normalized spacial score (nSPS) is 12.1. The number of guanidine groups is 1. The number of esters is 1. The molecule has 15 nitrogen and oxygen atoms in total. The molecule has 0 unspecified atom stereocenters. The Morgan fingerprint density at radius 2 is 1.43 bits per heavy atom. The van der Waals surface area contributed by atoms with Gasteiger partial charge in [-0.05, 0) is 48.9 Å². The number of carbonyl (C=O) groups excluding carboxylic acids is 4. The molecule has 0 saturated heterocycles. The topological polar surface area (TPSA) is 242 Å². The number of nitrogens with one attached hydrogen (secondary N) is 2. The minimum absolute atomic E-state index is 0.0274. The molecule has 0 spiro atoms. The highest BCUT2D eigenvalue weighted by atomic mass is 16.5. The summed E-state index contributed by atoms with van der Waals surface area (Å²) >= 11 is 0. The van der Waals surface area contributed by atoms with Crippen LogP contribution < -0.4 is 32.6 Å².